The standard InChI is InChI=1S/C26H38N4O3/c1-17(2)27-25(32)30-16-26(9-11-29(12-10-26)14-18-5-6-18)23-20-8-7-19(33-4)13-21(20)28(3)24(23)22(30)15-31/h7-8,13,17-18,22,31H,5-6,9-12,14-16H2,1-4H3,(H,27,32)/t22-/m0/s1. The van der Waals surface area contributed by atoms with E-state index in [1.54, 1.807) is 7.11 Å². The number of likely N-dealkylation sites (tertiary alicyclic amines) is 1. The van der Waals surface area contributed by atoms with Crippen molar-refractivity contribution < 1.29 is 14.6 Å². The number of urea groups is 1. The molecule has 1 saturated carbocycles. The molecule has 2 N–H and O–H groups in total. The molecule has 0 bridgehead atoms. The number of carbonyl (C=O) groups is 1. The zero-order valence-electron chi connectivity index (χ0n) is 20.4. The lowest BCUT2D eigenvalue weighted by Crippen LogP contribution is -2.58. The van der Waals surface area contributed by atoms with Gasteiger partial charge in [-0.2, -0.15) is 0 Å². The molecule has 7 heteroatoms. The van der Waals surface area contributed by atoms with Crippen molar-refractivity contribution in [3.63, 3.8) is 0 Å². The summed E-state index contributed by atoms with van der Waals surface area (Å²) in [5.41, 5.74) is 3.40. The van der Waals surface area contributed by atoms with Gasteiger partial charge in [0.15, 0.2) is 0 Å². The molecule has 2 fully saturated rings. The third kappa shape index (κ3) is 3.89. The Morgan fingerprint density at radius 1 is 1.27 bits per heavy atom. The number of hydrogen-bond donors (Lipinski definition) is 2. The van der Waals surface area contributed by atoms with Crippen molar-refractivity contribution in [3.05, 3.63) is 29.5 Å². The summed E-state index contributed by atoms with van der Waals surface area (Å²) in [6, 6.07) is 5.88. The van der Waals surface area contributed by atoms with Crippen molar-refractivity contribution in [1.29, 1.82) is 0 Å². The van der Waals surface area contributed by atoms with Gasteiger partial charge in [-0.1, -0.05) is 0 Å². The highest BCUT2D eigenvalue weighted by atomic mass is 16.5. The zero-order valence-corrected chi connectivity index (χ0v) is 20.4. The first-order valence-corrected chi connectivity index (χ1v) is 12.4. The number of rotatable bonds is 5. The molecule has 1 spiro atoms. The summed E-state index contributed by atoms with van der Waals surface area (Å²) < 4.78 is 7.70. The number of fused-ring (bicyclic) bond motifs is 4. The Balaban J connectivity index is 1.61. The first kappa shape index (κ1) is 22.5. The second-order valence-corrected chi connectivity index (χ2v) is 10.7. The molecular formula is C26H38N4O3. The lowest BCUT2D eigenvalue weighted by Gasteiger charge is -2.50. The number of piperidine rings is 1. The third-order valence-corrected chi connectivity index (χ3v) is 8.02. The van der Waals surface area contributed by atoms with Gasteiger partial charge in [0.2, 0.25) is 0 Å². The Bertz CT molecular complexity index is 1030. The van der Waals surface area contributed by atoms with Crippen LogP contribution in [0.15, 0.2) is 18.2 Å². The van der Waals surface area contributed by atoms with Crippen LogP contribution in [0.25, 0.3) is 10.9 Å². The number of amides is 2. The van der Waals surface area contributed by atoms with Crippen LogP contribution in [0, 0.1) is 5.92 Å². The molecule has 2 amide bonds. The van der Waals surface area contributed by atoms with Crippen molar-refractivity contribution in [2.24, 2.45) is 13.0 Å². The van der Waals surface area contributed by atoms with E-state index in [0.717, 1.165) is 48.8 Å². The van der Waals surface area contributed by atoms with Gasteiger partial charge < -0.3 is 29.5 Å². The van der Waals surface area contributed by atoms with Gasteiger partial charge in [0, 0.05) is 48.7 Å². The molecule has 2 aromatic rings. The summed E-state index contributed by atoms with van der Waals surface area (Å²) in [4.78, 5) is 17.8. The van der Waals surface area contributed by atoms with E-state index in [0.29, 0.717) is 6.54 Å². The monoisotopic (exact) mass is 454 g/mol. The van der Waals surface area contributed by atoms with Gasteiger partial charge in [-0.05, 0) is 76.2 Å². The minimum absolute atomic E-state index is 0.0475. The van der Waals surface area contributed by atoms with Gasteiger partial charge in [-0.25, -0.2) is 4.79 Å². The van der Waals surface area contributed by atoms with E-state index in [2.05, 4.69) is 34.0 Å². The van der Waals surface area contributed by atoms with Gasteiger partial charge in [-0.15, -0.1) is 0 Å². The molecule has 0 radical (unpaired) electrons. The maximum Gasteiger partial charge on any atom is 0.318 e. The number of benzene rings is 1. The lowest BCUT2D eigenvalue weighted by atomic mass is 9.68. The molecule has 1 aromatic heterocycles. The number of nitrogens with zero attached hydrogens (tertiary/aromatic N) is 3. The lowest BCUT2D eigenvalue weighted by molar-refractivity contribution is 0.0647. The molecule has 1 saturated heterocycles. The summed E-state index contributed by atoms with van der Waals surface area (Å²) in [5, 5.41) is 14.8. The second-order valence-electron chi connectivity index (χ2n) is 10.7. The fourth-order valence-electron chi connectivity index (χ4n) is 6.14. The van der Waals surface area contributed by atoms with Crippen molar-refractivity contribution in [2.45, 2.75) is 57.0 Å². The quantitative estimate of drug-likeness (QED) is 0.727. The minimum atomic E-state index is -0.364. The molecule has 33 heavy (non-hydrogen) atoms. The summed E-state index contributed by atoms with van der Waals surface area (Å²) in [6.07, 6.45) is 4.81. The molecule has 1 atom stereocenters. The maximum absolute atomic E-state index is 13.3. The molecule has 180 valence electrons. The largest absolute Gasteiger partial charge is 0.497 e. The normalized spacial score (nSPS) is 22.7. The summed E-state index contributed by atoms with van der Waals surface area (Å²) >= 11 is 0. The van der Waals surface area contributed by atoms with Gasteiger partial charge in [0.25, 0.3) is 0 Å². The molecule has 1 aromatic carbocycles. The van der Waals surface area contributed by atoms with E-state index < -0.39 is 0 Å². The Morgan fingerprint density at radius 3 is 2.61 bits per heavy atom. The van der Waals surface area contributed by atoms with Gasteiger partial charge >= 0.3 is 6.03 Å². The molecule has 7 nitrogen and oxygen atoms in total. The third-order valence-electron chi connectivity index (χ3n) is 8.02. The van der Waals surface area contributed by atoms with Crippen LogP contribution in [0.2, 0.25) is 0 Å². The molecule has 3 aliphatic rings. The van der Waals surface area contributed by atoms with Crippen molar-refractivity contribution in [1.82, 2.24) is 19.7 Å². The highest BCUT2D eigenvalue weighted by molar-refractivity contribution is 5.89. The number of hydrogen-bond acceptors (Lipinski definition) is 4. The molecule has 5 rings (SSSR count). The Labute approximate surface area is 196 Å². The average molecular weight is 455 g/mol. The molecule has 1 aliphatic carbocycles. The van der Waals surface area contributed by atoms with E-state index in [-0.39, 0.29) is 30.1 Å². The van der Waals surface area contributed by atoms with Crippen LogP contribution < -0.4 is 10.1 Å². The Hall–Kier alpha value is -2.25. The second kappa shape index (κ2) is 8.51. The van der Waals surface area contributed by atoms with E-state index in [1.807, 2.05) is 24.8 Å². The predicted molar refractivity (Wildman–Crippen MR) is 130 cm³/mol. The summed E-state index contributed by atoms with van der Waals surface area (Å²) in [5.74, 6) is 1.71. The first-order chi connectivity index (χ1) is 15.9. The molecule has 2 aliphatic heterocycles. The number of methoxy groups -OCH3 is 1. The fraction of sp³-hybridized carbons (Fsp3) is 0.654. The average Bonchev–Trinajstić information content (AvgIpc) is 3.57. The predicted octanol–water partition coefficient (Wildman–Crippen LogP) is 3.40. The van der Waals surface area contributed by atoms with E-state index >= 15 is 0 Å². The number of aryl methyl sites for hydroxylation is 1. The maximum atomic E-state index is 13.3. The van der Waals surface area contributed by atoms with Crippen molar-refractivity contribution in [3.8, 4) is 5.75 Å². The SMILES string of the molecule is COc1ccc2c3c(n(C)c2c1)[C@H](CO)N(C(=O)NC(C)C)CC31CCN(CC2CC2)CC1. The van der Waals surface area contributed by atoms with Crippen molar-refractivity contribution >= 4 is 16.9 Å². The van der Waals surface area contributed by atoms with Crippen LogP contribution >= 0.6 is 0 Å². The van der Waals surface area contributed by atoms with Crippen LogP contribution in [0.3, 0.4) is 0 Å². The van der Waals surface area contributed by atoms with Crippen LogP contribution in [0.1, 0.15) is 56.8 Å². The number of aliphatic hydroxyl groups is 1. The topological polar surface area (TPSA) is 70.0 Å². The summed E-state index contributed by atoms with van der Waals surface area (Å²) in [6.45, 7) is 7.85. The van der Waals surface area contributed by atoms with Crippen molar-refractivity contribution in [2.75, 3.05) is 39.9 Å². The van der Waals surface area contributed by atoms with Crippen LogP contribution in [0.4, 0.5) is 4.79 Å². The summed E-state index contributed by atoms with van der Waals surface area (Å²) in [7, 11) is 3.75. The van der Waals surface area contributed by atoms with Gasteiger partial charge in [-0.3, -0.25) is 0 Å². The minimum Gasteiger partial charge on any atom is -0.497 e. The first-order valence-electron chi connectivity index (χ1n) is 12.4. The zero-order chi connectivity index (χ0) is 23.3. The molecule has 3 heterocycles. The number of carbonyl (C=O) groups excluding carboxylic acids is 1. The molecule has 0 unspecified atom stereocenters. The molecular weight excluding hydrogens is 416 g/mol. The highest BCUT2D eigenvalue weighted by Gasteiger charge is 2.49. The van der Waals surface area contributed by atoms with Gasteiger partial charge in [0.05, 0.1) is 25.3 Å². The van der Waals surface area contributed by atoms with Crippen LogP contribution in [-0.4, -0.2) is 71.4 Å². The fourth-order valence-corrected chi connectivity index (χ4v) is 6.14. The van der Waals surface area contributed by atoms with Crippen LogP contribution in [-0.2, 0) is 12.5 Å². The number of ether oxygens (including phenoxy) is 1. The van der Waals surface area contributed by atoms with E-state index in [1.165, 1.54) is 30.3 Å². The smallest absolute Gasteiger partial charge is 0.318 e. The number of nitrogens with one attached hydrogen (secondary N) is 1. The Kier molecular flexibility index (Phi) is 5.81. The van der Waals surface area contributed by atoms with E-state index in [4.69, 9.17) is 4.74 Å². The van der Waals surface area contributed by atoms with Crippen LogP contribution in [0.5, 0.6) is 5.75 Å². The highest BCUT2D eigenvalue weighted by Crippen LogP contribution is 2.50. The number of aromatic nitrogens is 1. The van der Waals surface area contributed by atoms with E-state index in [9.17, 15) is 9.90 Å². The Morgan fingerprint density at radius 2 is 2.00 bits per heavy atom. The number of aliphatic hydroxyl groups excluding tert-OH is 1. The van der Waals surface area contributed by atoms with Gasteiger partial charge in [0.1, 0.15) is 5.75 Å².